The van der Waals surface area contributed by atoms with Crippen LogP contribution in [-0.4, -0.2) is 11.5 Å². The lowest BCUT2D eigenvalue weighted by atomic mass is 10.2. The number of nitrogens with zero attached hydrogens (tertiary/aromatic N) is 1. The Morgan fingerprint density at radius 3 is 2.95 bits per heavy atom. The van der Waals surface area contributed by atoms with Crippen LogP contribution in [0.2, 0.25) is 5.02 Å². The molecule has 0 saturated carbocycles. The van der Waals surface area contributed by atoms with E-state index < -0.39 is 5.82 Å². The Morgan fingerprint density at radius 1 is 1.32 bits per heavy atom. The lowest BCUT2D eigenvalue weighted by Gasteiger charge is -2.11. The van der Waals surface area contributed by atoms with E-state index in [4.69, 9.17) is 16.3 Å². The molecule has 19 heavy (non-hydrogen) atoms. The van der Waals surface area contributed by atoms with Gasteiger partial charge < -0.3 is 10.1 Å². The van der Waals surface area contributed by atoms with E-state index in [1.165, 1.54) is 12.1 Å². The number of nitrogens with one attached hydrogen (secondary N) is 1. The van der Waals surface area contributed by atoms with Gasteiger partial charge in [0.15, 0.2) is 11.6 Å². The molecular formula is C14H14ClFN2O. The molecule has 3 nitrogen and oxygen atoms in total. The van der Waals surface area contributed by atoms with E-state index in [9.17, 15) is 4.39 Å². The zero-order chi connectivity index (χ0) is 13.7. The van der Waals surface area contributed by atoms with Gasteiger partial charge >= 0.3 is 0 Å². The van der Waals surface area contributed by atoms with Gasteiger partial charge in [-0.05, 0) is 24.7 Å². The monoisotopic (exact) mass is 280 g/mol. The summed E-state index contributed by atoms with van der Waals surface area (Å²) in [5.41, 5.74) is 0.865. The maximum atomic E-state index is 13.8. The Labute approximate surface area is 116 Å². The molecule has 0 spiro atoms. The summed E-state index contributed by atoms with van der Waals surface area (Å²) in [6.07, 6.45) is 1.60. The SMILES string of the molecule is CCNCc1cccnc1Oc1cccc(Cl)c1F. The summed E-state index contributed by atoms with van der Waals surface area (Å²) >= 11 is 5.72. The summed E-state index contributed by atoms with van der Waals surface area (Å²) < 4.78 is 19.3. The van der Waals surface area contributed by atoms with Gasteiger partial charge in [-0.3, -0.25) is 0 Å². The van der Waals surface area contributed by atoms with Gasteiger partial charge in [0.05, 0.1) is 5.02 Å². The fourth-order valence-electron chi connectivity index (χ4n) is 1.58. The van der Waals surface area contributed by atoms with Crippen LogP contribution in [0.3, 0.4) is 0 Å². The molecule has 5 heteroatoms. The number of hydrogen-bond acceptors (Lipinski definition) is 3. The van der Waals surface area contributed by atoms with Gasteiger partial charge in [0, 0.05) is 18.3 Å². The molecule has 1 N–H and O–H groups in total. The third kappa shape index (κ3) is 3.43. The molecule has 1 aromatic carbocycles. The highest BCUT2D eigenvalue weighted by atomic mass is 35.5. The first kappa shape index (κ1) is 13.8. The van der Waals surface area contributed by atoms with Crippen LogP contribution in [0.4, 0.5) is 4.39 Å². The van der Waals surface area contributed by atoms with E-state index in [0.717, 1.165) is 12.1 Å². The number of rotatable bonds is 5. The molecule has 0 aliphatic heterocycles. The topological polar surface area (TPSA) is 34.2 Å². The van der Waals surface area contributed by atoms with Crippen LogP contribution in [0.15, 0.2) is 36.5 Å². The van der Waals surface area contributed by atoms with Crippen molar-refractivity contribution >= 4 is 11.6 Å². The maximum absolute atomic E-state index is 13.8. The van der Waals surface area contributed by atoms with Crippen molar-refractivity contribution in [2.24, 2.45) is 0 Å². The van der Waals surface area contributed by atoms with Crippen LogP contribution >= 0.6 is 11.6 Å². The molecule has 2 rings (SSSR count). The molecule has 0 atom stereocenters. The van der Waals surface area contributed by atoms with Crippen LogP contribution in [-0.2, 0) is 6.54 Å². The van der Waals surface area contributed by atoms with Gasteiger partial charge in [-0.1, -0.05) is 30.7 Å². The number of hydrogen-bond donors (Lipinski definition) is 1. The highest BCUT2D eigenvalue weighted by molar-refractivity contribution is 6.30. The van der Waals surface area contributed by atoms with Crippen LogP contribution in [0, 0.1) is 5.82 Å². The van der Waals surface area contributed by atoms with Crippen molar-refractivity contribution in [2.45, 2.75) is 13.5 Å². The average molecular weight is 281 g/mol. The fourth-order valence-corrected chi connectivity index (χ4v) is 1.74. The van der Waals surface area contributed by atoms with Crippen molar-refractivity contribution in [2.75, 3.05) is 6.54 Å². The van der Waals surface area contributed by atoms with Gasteiger partial charge in [-0.2, -0.15) is 0 Å². The van der Waals surface area contributed by atoms with Crippen LogP contribution in [0.1, 0.15) is 12.5 Å². The highest BCUT2D eigenvalue weighted by Gasteiger charge is 2.11. The van der Waals surface area contributed by atoms with E-state index in [1.54, 1.807) is 12.3 Å². The lowest BCUT2D eigenvalue weighted by Crippen LogP contribution is -2.12. The van der Waals surface area contributed by atoms with E-state index >= 15 is 0 Å². The summed E-state index contributed by atoms with van der Waals surface area (Å²) in [5, 5.41) is 3.21. The Hall–Kier alpha value is -1.65. The Kier molecular flexibility index (Phi) is 4.71. The molecule has 0 fully saturated rings. The van der Waals surface area contributed by atoms with Crippen molar-refractivity contribution in [3.63, 3.8) is 0 Å². The first-order valence-electron chi connectivity index (χ1n) is 5.99. The third-order valence-electron chi connectivity index (χ3n) is 2.54. The molecule has 0 unspecified atom stereocenters. The standard InChI is InChI=1S/C14H14ClFN2O/c1-2-17-9-10-5-4-8-18-14(10)19-12-7-3-6-11(15)13(12)16/h3-8,17H,2,9H2,1H3. The molecule has 2 aromatic rings. The summed E-state index contributed by atoms with van der Waals surface area (Å²) in [7, 11) is 0. The zero-order valence-corrected chi connectivity index (χ0v) is 11.2. The largest absolute Gasteiger partial charge is 0.436 e. The number of benzene rings is 1. The maximum Gasteiger partial charge on any atom is 0.223 e. The highest BCUT2D eigenvalue weighted by Crippen LogP contribution is 2.29. The van der Waals surface area contributed by atoms with Crippen molar-refractivity contribution < 1.29 is 9.13 Å². The van der Waals surface area contributed by atoms with Crippen LogP contribution in [0.25, 0.3) is 0 Å². The normalized spacial score (nSPS) is 10.5. The smallest absolute Gasteiger partial charge is 0.223 e. The lowest BCUT2D eigenvalue weighted by molar-refractivity contribution is 0.421. The van der Waals surface area contributed by atoms with E-state index in [1.807, 2.05) is 19.1 Å². The second-order valence-corrected chi connectivity index (χ2v) is 4.31. The first-order valence-corrected chi connectivity index (χ1v) is 6.36. The van der Waals surface area contributed by atoms with E-state index in [0.29, 0.717) is 12.4 Å². The molecule has 0 radical (unpaired) electrons. The second kappa shape index (κ2) is 6.50. The predicted octanol–water partition coefficient (Wildman–Crippen LogP) is 3.78. The first-order chi connectivity index (χ1) is 9.22. The predicted molar refractivity (Wildman–Crippen MR) is 73.1 cm³/mol. The number of aromatic nitrogens is 1. The van der Waals surface area contributed by atoms with Gasteiger partial charge in [0.1, 0.15) is 0 Å². The molecule has 100 valence electrons. The molecule has 0 saturated heterocycles. The summed E-state index contributed by atoms with van der Waals surface area (Å²) in [5.74, 6) is -0.127. The van der Waals surface area contributed by atoms with Crippen molar-refractivity contribution in [3.05, 3.63) is 52.9 Å². The Morgan fingerprint density at radius 2 is 2.16 bits per heavy atom. The van der Waals surface area contributed by atoms with Gasteiger partial charge in [-0.15, -0.1) is 0 Å². The van der Waals surface area contributed by atoms with Gasteiger partial charge in [-0.25, -0.2) is 9.37 Å². The molecular weight excluding hydrogens is 267 g/mol. The van der Waals surface area contributed by atoms with E-state index in [-0.39, 0.29) is 10.8 Å². The Bertz CT molecular complexity index is 563. The van der Waals surface area contributed by atoms with Crippen molar-refractivity contribution in [1.82, 2.24) is 10.3 Å². The van der Waals surface area contributed by atoms with Gasteiger partial charge in [0.2, 0.25) is 5.88 Å². The van der Waals surface area contributed by atoms with Crippen molar-refractivity contribution in [3.8, 4) is 11.6 Å². The summed E-state index contributed by atoms with van der Waals surface area (Å²) in [6.45, 7) is 3.45. The van der Waals surface area contributed by atoms with Crippen LogP contribution in [0.5, 0.6) is 11.6 Å². The summed E-state index contributed by atoms with van der Waals surface area (Å²) in [4.78, 5) is 4.13. The number of ether oxygens (including phenoxy) is 1. The average Bonchev–Trinajstić information content (AvgIpc) is 2.43. The zero-order valence-electron chi connectivity index (χ0n) is 10.5. The minimum absolute atomic E-state index is 0.0293. The van der Waals surface area contributed by atoms with Crippen molar-refractivity contribution in [1.29, 1.82) is 0 Å². The summed E-state index contributed by atoms with van der Waals surface area (Å²) in [6, 6.07) is 8.32. The van der Waals surface area contributed by atoms with Gasteiger partial charge in [0.25, 0.3) is 0 Å². The quantitative estimate of drug-likeness (QED) is 0.905. The Balaban J connectivity index is 2.25. The molecule has 0 aliphatic rings. The molecule has 1 aromatic heterocycles. The molecule has 0 aliphatic carbocycles. The minimum atomic E-state index is -0.579. The number of pyridine rings is 1. The molecule has 0 bridgehead atoms. The molecule has 0 amide bonds. The minimum Gasteiger partial charge on any atom is -0.436 e. The molecule has 1 heterocycles. The number of halogens is 2. The van der Waals surface area contributed by atoms with Crippen LogP contribution < -0.4 is 10.1 Å². The fraction of sp³-hybridized carbons (Fsp3) is 0.214. The third-order valence-corrected chi connectivity index (χ3v) is 2.83. The van der Waals surface area contributed by atoms with E-state index in [2.05, 4.69) is 10.3 Å². The second-order valence-electron chi connectivity index (χ2n) is 3.90.